The van der Waals surface area contributed by atoms with Gasteiger partial charge in [-0.3, -0.25) is 4.79 Å². The molecule has 0 radical (unpaired) electrons. The molecule has 36 heavy (non-hydrogen) atoms. The van der Waals surface area contributed by atoms with Crippen LogP contribution < -0.4 is 31.3 Å². The second-order valence-corrected chi connectivity index (χ2v) is 9.46. The molecule has 9 nitrogen and oxygen atoms in total. The Kier molecular flexibility index (Phi) is 8.61. The van der Waals surface area contributed by atoms with Crippen LogP contribution >= 0.6 is 15.9 Å². The Morgan fingerprint density at radius 2 is 1.94 bits per heavy atom. The minimum absolute atomic E-state index is 0.0453. The van der Waals surface area contributed by atoms with Crippen LogP contribution in [0, 0.1) is 5.92 Å². The lowest BCUT2D eigenvalue weighted by Crippen LogP contribution is -2.38. The topological polar surface area (TPSA) is 117 Å². The van der Waals surface area contributed by atoms with Gasteiger partial charge in [-0.25, -0.2) is 4.98 Å². The van der Waals surface area contributed by atoms with Crippen molar-refractivity contribution in [2.75, 3.05) is 42.3 Å². The molecule has 1 aliphatic rings. The van der Waals surface area contributed by atoms with Crippen molar-refractivity contribution in [1.29, 1.82) is 0 Å². The van der Waals surface area contributed by atoms with Crippen LogP contribution in [0.15, 0.2) is 53.1 Å². The predicted molar refractivity (Wildman–Crippen MR) is 147 cm³/mol. The van der Waals surface area contributed by atoms with Gasteiger partial charge in [0.05, 0.1) is 16.8 Å². The van der Waals surface area contributed by atoms with E-state index in [-0.39, 0.29) is 11.8 Å². The summed E-state index contributed by atoms with van der Waals surface area (Å²) in [5.41, 5.74) is 9.41. The van der Waals surface area contributed by atoms with Gasteiger partial charge >= 0.3 is 0 Å². The lowest BCUT2D eigenvalue weighted by molar-refractivity contribution is -0.122. The number of rotatable bonds is 10. The number of carbonyl (C=O) groups is 1. The van der Waals surface area contributed by atoms with Crippen LogP contribution in [0.4, 0.5) is 28.8 Å². The standard InChI is InChI=1S/C26H32BrN7O2/c1-3-36-23-14-19(34-12-10-17(11-13-34)24(28)35)8-9-22(23)32-26-30-16-20(27)25(33-26)31-21-7-5-4-6-18(21)15-29-2/h4-9,14,16-17,29H,3,10-13,15H2,1-2H3,(H2,28,35)(H2,30,31,32,33). The van der Waals surface area contributed by atoms with E-state index in [1.807, 2.05) is 50.4 Å². The summed E-state index contributed by atoms with van der Waals surface area (Å²) in [6.45, 7) is 4.78. The number of nitrogens with two attached hydrogens (primary N) is 1. The molecule has 0 unspecified atom stereocenters. The van der Waals surface area contributed by atoms with E-state index in [0.29, 0.717) is 24.1 Å². The molecule has 0 atom stereocenters. The molecule has 0 bridgehead atoms. The summed E-state index contributed by atoms with van der Waals surface area (Å²) in [4.78, 5) is 22.9. The third-order valence-corrected chi connectivity index (χ3v) is 6.74. The van der Waals surface area contributed by atoms with E-state index in [4.69, 9.17) is 15.5 Å². The number of ether oxygens (including phenoxy) is 1. The monoisotopic (exact) mass is 553 g/mol. The van der Waals surface area contributed by atoms with E-state index in [0.717, 1.165) is 59.6 Å². The maximum atomic E-state index is 11.5. The zero-order chi connectivity index (χ0) is 25.5. The second kappa shape index (κ2) is 12.0. The van der Waals surface area contributed by atoms with Crippen LogP contribution in [-0.2, 0) is 11.3 Å². The molecule has 5 N–H and O–H groups in total. The molecule has 0 aliphatic carbocycles. The van der Waals surface area contributed by atoms with Gasteiger partial charge in [0.2, 0.25) is 11.9 Å². The number of benzene rings is 2. The van der Waals surface area contributed by atoms with Crippen LogP contribution in [0.25, 0.3) is 0 Å². The number of halogens is 1. The van der Waals surface area contributed by atoms with E-state index in [9.17, 15) is 4.79 Å². The second-order valence-electron chi connectivity index (χ2n) is 8.60. The highest BCUT2D eigenvalue weighted by molar-refractivity contribution is 9.10. The van der Waals surface area contributed by atoms with Crippen LogP contribution in [0.5, 0.6) is 5.75 Å². The van der Waals surface area contributed by atoms with Crippen molar-refractivity contribution in [3.8, 4) is 5.75 Å². The highest BCUT2D eigenvalue weighted by Crippen LogP contribution is 2.34. The molecule has 10 heteroatoms. The van der Waals surface area contributed by atoms with Crippen LogP contribution in [0.3, 0.4) is 0 Å². The molecule has 0 spiro atoms. The number of amides is 1. The van der Waals surface area contributed by atoms with Crippen molar-refractivity contribution in [2.45, 2.75) is 26.3 Å². The van der Waals surface area contributed by atoms with Gasteiger partial charge in [0.1, 0.15) is 11.6 Å². The maximum absolute atomic E-state index is 11.5. The quantitative estimate of drug-likeness (QED) is 0.289. The predicted octanol–water partition coefficient (Wildman–Crippen LogP) is 4.55. The van der Waals surface area contributed by atoms with Gasteiger partial charge in [0, 0.05) is 49.2 Å². The van der Waals surface area contributed by atoms with Gasteiger partial charge in [-0.1, -0.05) is 18.2 Å². The van der Waals surface area contributed by atoms with Crippen molar-refractivity contribution in [3.63, 3.8) is 0 Å². The molecule has 1 saturated heterocycles. The molecule has 2 aromatic carbocycles. The summed E-state index contributed by atoms with van der Waals surface area (Å²) in [7, 11) is 1.92. The van der Waals surface area contributed by atoms with Crippen molar-refractivity contribution in [3.05, 3.63) is 58.7 Å². The van der Waals surface area contributed by atoms with Crippen molar-refractivity contribution in [2.24, 2.45) is 11.7 Å². The molecule has 1 fully saturated rings. The summed E-state index contributed by atoms with van der Waals surface area (Å²) in [5.74, 6) is 1.56. The fourth-order valence-electron chi connectivity index (χ4n) is 4.26. The van der Waals surface area contributed by atoms with E-state index in [1.54, 1.807) is 6.20 Å². The van der Waals surface area contributed by atoms with Gasteiger partial charge in [-0.05, 0) is 66.5 Å². The van der Waals surface area contributed by atoms with Gasteiger partial charge in [-0.15, -0.1) is 0 Å². The number of para-hydroxylation sites is 1. The highest BCUT2D eigenvalue weighted by Gasteiger charge is 2.24. The average Bonchev–Trinajstić information content (AvgIpc) is 2.88. The molecular formula is C26H32BrN7O2. The maximum Gasteiger partial charge on any atom is 0.229 e. The number of nitrogens with one attached hydrogen (secondary N) is 3. The van der Waals surface area contributed by atoms with Crippen molar-refractivity contribution < 1.29 is 9.53 Å². The van der Waals surface area contributed by atoms with E-state index in [1.165, 1.54) is 0 Å². The molecular weight excluding hydrogens is 522 g/mol. The van der Waals surface area contributed by atoms with Gasteiger partial charge in [0.25, 0.3) is 0 Å². The van der Waals surface area contributed by atoms with Crippen LogP contribution in [0.2, 0.25) is 0 Å². The number of hydrogen-bond donors (Lipinski definition) is 4. The molecule has 4 rings (SSSR count). The first-order valence-electron chi connectivity index (χ1n) is 12.1. The Labute approximate surface area is 220 Å². The first-order chi connectivity index (χ1) is 17.5. The summed E-state index contributed by atoms with van der Waals surface area (Å²) < 4.78 is 6.70. The highest BCUT2D eigenvalue weighted by atomic mass is 79.9. The SMILES string of the molecule is CCOc1cc(N2CCC(C(N)=O)CC2)ccc1Nc1ncc(Br)c(Nc2ccccc2CNC)n1. The Hall–Kier alpha value is -3.37. The normalized spacial score (nSPS) is 13.9. The Bertz CT molecular complexity index is 1200. The molecule has 2 heterocycles. The zero-order valence-corrected chi connectivity index (χ0v) is 22.1. The average molecular weight is 554 g/mol. The van der Waals surface area contributed by atoms with E-state index >= 15 is 0 Å². The molecule has 1 amide bonds. The summed E-state index contributed by atoms with van der Waals surface area (Å²) in [6.07, 6.45) is 3.24. The van der Waals surface area contributed by atoms with Gasteiger partial charge in [-0.2, -0.15) is 4.98 Å². The van der Waals surface area contributed by atoms with Crippen LogP contribution in [0.1, 0.15) is 25.3 Å². The minimum Gasteiger partial charge on any atom is -0.492 e. The molecule has 190 valence electrons. The third kappa shape index (κ3) is 6.24. The lowest BCUT2D eigenvalue weighted by atomic mass is 9.96. The zero-order valence-electron chi connectivity index (χ0n) is 20.6. The number of aromatic nitrogens is 2. The van der Waals surface area contributed by atoms with Gasteiger partial charge in [0.15, 0.2) is 0 Å². The van der Waals surface area contributed by atoms with E-state index in [2.05, 4.69) is 47.8 Å². The number of primary amides is 1. The number of anilines is 5. The van der Waals surface area contributed by atoms with Crippen LogP contribution in [-0.4, -0.2) is 42.6 Å². The summed E-state index contributed by atoms with van der Waals surface area (Å²) in [5, 5.41) is 9.90. The van der Waals surface area contributed by atoms with Crippen molar-refractivity contribution in [1.82, 2.24) is 15.3 Å². The third-order valence-electron chi connectivity index (χ3n) is 6.16. The molecule has 1 aliphatic heterocycles. The number of nitrogens with zero attached hydrogens (tertiary/aromatic N) is 3. The Morgan fingerprint density at radius 3 is 2.67 bits per heavy atom. The smallest absolute Gasteiger partial charge is 0.229 e. The minimum atomic E-state index is -0.210. The van der Waals surface area contributed by atoms with Gasteiger partial charge < -0.3 is 31.3 Å². The molecule has 1 aromatic heterocycles. The number of hydrogen-bond acceptors (Lipinski definition) is 8. The lowest BCUT2D eigenvalue weighted by Gasteiger charge is -2.32. The fourth-order valence-corrected chi connectivity index (χ4v) is 4.55. The van der Waals surface area contributed by atoms with Crippen molar-refractivity contribution >= 4 is 50.7 Å². The first-order valence-corrected chi connectivity index (χ1v) is 12.9. The molecule has 0 saturated carbocycles. The van der Waals surface area contributed by atoms with E-state index < -0.39 is 0 Å². The number of piperidine rings is 1. The Morgan fingerprint density at radius 1 is 1.17 bits per heavy atom. The fraction of sp³-hybridized carbons (Fsp3) is 0.346. The first kappa shape index (κ1) is 25.7. The number of carbonyl (C=O) groups excluding carboxylic acids is 1. The molecule has 3 aromatic rings. The Balaban J connectivity index is 1.53. The summed E-state index contributed by atoms with van der Waals surface area (Å²) in [6, 6.07) is 14.1. The largest absolute Gasteiger partial charge is 0.492 e. The summed E-state index contributed by atoms with van der Waals surface area (Å²) >= 11 is 3.55.